The maximum atomic E-state index is 5.74. The molecule has 3 heteroatoms. The summed E-state index contributed by atoms with van der Waals surface area (Å²) in [6.45, 7) is 7.12. The molecule has 0 spiro atoms. The number of nitrogens with zero attached hydrogens (tertiary/aromatic N) is 1. The van der Waals surface area contributed by atoms with Crippen LogP contribution in [0.3, 0.4) is 0 Å². The highest BCUT2D eigenvalue weighted by atomic mass is 16.5. The normalized spacial score (nSPS) is 12.8. The lowest BCUT2D eigenvalue weighted by atomic mass is 10.1. The molecule has 0 aliphatic heterocycles. The molecule has 0 aliphatic carbocycles. The average Bonchev–Trinajstić information content (AvgIpc) is 2.25. The lowest BCUT2D eigenvalue weighted by molar-refractivity contribution is 0.287. The molecule has 1 aromatic rings. The molecule has 2 N–H and O–H groups in total. The lowest BCUT2D eigenvalue weighted by Gasteiger charge is -2.08. The van der Waals surface area contributed by atoms with Gasteiger partial charge in [-0.3, -0.25) is 0 Å². The van der Waals surface area contributed by atoms with Gasteiger partial charge >= 0.3 is 0 Å². The average molecular weight is 222 g/mol. The Labute approximate surface area is 98.0 Å². The Morgan fingerprint density at radius 2 is 2.06 bits per heavy atom. The Kier molecular flexibility index (Phi) is 5.26. The van der Waals surface area contributed by atoms with E-state index in [4.69, 9.17) is 10.5 Å². The first-order chi connectivity index (χ1) is 7.59. The Balaban J connectivity index is 2.32. The van der Waals surface area contributed by atoms with Crippen molar-refractivity contribution < 1.29 is 4.74 Å². The first-order valence-electron chi connectivity index (χ1n) is 5.94. The fourth-order valence-electron chi connectivity index (χ4n) is 1.41. The first-order valence-corrected chi connectivity index (χ1v) is 5.94. The van der Waals surface area contributed by atoms with E-state index in [2.05, 4.69) is 18.8 Å². The minimum absolute atomic E-state index is 0.0301. The van der Waals surface area contributed by atoms with Crippen LogP contribution < -0.4 is 10.5 Å². The number of nitrogens with two attached hydrogens (primary N) is 1. The molecule has 0 saturated heterocycles. The minimum atomic E-state index is 0.0301. The van der Waals surface area contributed by atoms with E-state index < -0.39 is 0 Å². The molecule has 0 aliphatic rings. The maximum Gasteiger partial charge on any atom is 0.213 e. The van der Waals surface area contributed by atoms with E-state index in [0.717, 1.165) is 24.5 Å². The molecule has 1 rings (SSSR count). The quantitative estimate of drug-likeness (QED) is 0.753. The highest BCUT2D eigenvalue weighted by molar-refractivity contribution is 5.19. The second-order valence-electron chi connectivity index (χ2n) is 4.60. The molecule has 0 radical (unpaired) electrons. The zero-order valence-corrected chi connectivity index (χ0v) is 10.4. The molecule has 0 fully saturated rings. The topological polar surface area (TPSA) is 48.1 Å². The van der Waals surface area contributed by atoms with E-state index in [1.165, 1.54) is 6.42 Å². The zero-order chi connectivity index (χ0) is 12.0. The van der Waals surface area contributed by atoms with Crippen LogP contribution in [0.5, 0.6) is 5.88 Å². The maximum absolute atomic E-state index is 5.74. The van der Waals surface area contributed by atoms with Crippen molar-refractivity contribution >= 4 is 0 Å². The summed E-state index contributed by atoms with van der Waals surface area (Å²) in [6, 6.07) is 3.88. The fourth-order valence-corrected chi connectivity index (χ4v) is 1.41. The SMILES string of the molecule is CC(C)CCCOc1ccc([C@@H](C)N)cn1. The third kappa shape index (κ3) is 4.62. The monoisotopic (exact) mass is 222 g/mol. The van der Waals surface area contributed by atoms with Crippen LogP contribution in [0.1, 0.15) is 45.2 Å². The number of rotatable bonds is 6. The van der Waals surface area contributed by atoms with Crippen LogP contribution in [0.25, 0.3) is 0 Å². The molecule has 0 bridgehead atoms. The molecular weight excluding hydrogens is 200 g/mol. The summed E-state index contributed by atoms with van der Waals surface area (Å²) in [5, 5.41) is 0. The van der Waals surface area contributed by atoms with Crippen molar-refractivity contribution in [3.63, 3.8) is 0 Å². The highest BCUT2D eigenvalue weighted by Gasteiger charge is 2.01. The fraction of sp³-hybridized carbons (Fsp3) is 0.615. The van der Waals surface area contributed by atoms with Crippen molar-refractivity contribution in [3.05, 3.63) is 23.9 Å². The van der Waals surface area contributed by atoms with Crippen molar-refractivity contribution in [3.8, 4) is 5.88 Å². The van der Waals surface area contributed by atoms with Crippen molar-refractivity contribution in [1.82, 2.24) is 4.98 Å². The molecule has 1 heterocycles. The second-order valence-corrected chi connectivity index (χ2v) is 4.60. The van der Waals surface area contributed by atoms with Gasteiger partial charge in [0, 0.05) is 18.3 Å². The van der Waals surface area contributed by atoms with Crippen LogP contribution >= 0.6 is 0 Å². The van der Waals surface area contributed by atoms with E-state index >= 15 is 0 Å². The molecule has 3 nitrogen and oxygen atoms in total. The van der Waals surface area contributed by atoms with Gasteiger partial charge in [-0.15, -0.1) is 0 Å². The first kappa shape index (κ1) is 13.0. The van der Waals surface area contributed by atoms with Gasteiger partial charge in [-0.25, -0.2) is 4.98 Å². The summed E-state index contributed by atoms with van der Waals surface area (Å²) in [4.78, 5) is 4.21. The lowest BCUT2D eigenvalue weighted by Crippen LogP contribution is -2.06. The zero-order valence-electron chi connectivity index (χ0n) is 10.4. The predicted molar refractivity (Wildman–Crippen MR) is 66.4 cm³/mol. The number of pyridine rings is 1. The van der Waals surface area contributed by atoms with Crippen LogP contribution in [0.2, 0.25) is 0 Å². The van der Waals surface area contributed by atoms with Crippen LogP contribution in [0.15, 0.2) is 18.3 Å². The molecule has 1 atom stereocenters. The number of aromatic nitrogens is 1. The highest BCUT2D eigenvalue weighted by Crippen LogP contribution is 2.13. The van der Waals surface area contributed by atoms with Gasteiger partial charge in [0.05, 0.1) is 6.61 Å². The van der Waals surface area contributed by atoms with Gasteiger partial charge < -0.3 is 10.5 Å². The smallest absolute Gasteiger partial charge is 0.213 e. The standard InChI is InChI=1S/C13H22N2O/c1-10(2)5-4-8-16-13-7-6-12(9-15-13)11(3)14/h6-7,9-11H,4-5,8,14H2,1-3H3/t11-/m1/s1. The molecule has 0 amide bonds. The predicted octanol–water partition coefficient (Wildman–Crippen LogP) is 2.92. The van der Waals surface area contributed by atoms with E-state index in [-0.39, 0.29) is 6.04 Å². The number of hydrogen-bond donors (Lipinski definition) is 1. The van der Waals surface area contributed by atoms with Crippen molar-refractivity contribution in [1.29, 1.82) is 0 Å². The van der Waals surface area contributed by atoms with E-state index in [0.29, 0.717) is 5.88 Å². The van der Waals surface area contributed by atoms with Gasteiger partial charge in [0.15, 0.2) is 0 Å². The van der Waals surface area contributed by atoms with Gasteiger partial charge in [-0.05, 0) is 31.2 Å². The van der Waals surface area contributed by atoms with Crippen LogP contribution in [-0.2, 0) is 0 Å². The van der Waals surface area contributed by atoms with Crippen LogP contribution in [0, 0.1) is 5.92 Å². The summed E-state index contributed by atoms with van der Waals surface area (Å²) >= 11 is 0. The summed E-state index contributed by atoms with van der Waals surface area (Å²) in [5.41, 5.74) is 6.77. The van der Waals surface area contributed by atoms with Gasteiger partial charge in [-0.2, -0.15) is 0 Å². The van der Waals surface area contributed by atoms with Crippen molar-refractivity contribution in [2.24, 2.45) is 11.7 Å². The summed E-state index contributed by atoms with van der Waals surface area (Å²) in [7, 11) is 0. The van der Waals surface area contributed by atoms with Crippen molar-refractivity contribution in [2.45, 2.75) is 39.7 Å². The molecular formula is C13H22N2O. The molecule has 90 valence electrons. The van der Waals surface area contributed by atoms with E-state index in [9.17, 15) is 0 Å². The molecule has 0 unspecified atom stereocenters. The van der Waals surface area contributed by atoms with Crippen LogP contribution in [0.4, 0.5) is 0 Å². The molecule has 16 heavy (non-hydrogen) atoms. The number of ether oxygens (including phenoxy) is 1. The van der Waals surface area contributed by atoms with Gasteiger partial charge in [0.2, 0.25) is 5.88 Å². The van der Waals surface area contributed by atoms with Gasteiger partial charge in [0.25, 0.3) is 0 Å². The second kappa shape index (κ2) is 6.48. The third-order valence-electron chi connectivity index (χ3n) is 2.46. The van der Waals surface area contributed by atoms with Gasteiger partial charge in [0.1, 0.15) is 0 Å². The van der Waals surface area contributed by atoms with E-state index in [1.807, 2.05) is 19.1 Å². The van der Waals surface area contributed by atoms with Crippen molar-refractivity contribution in [2.75, 3.05) is 6.61 Å². The third-order valence-corrected chi connectivity index (χ3v) is 2.46. The summed E-state index contributed by atoms with van der Waals surface area (Å²) in [6.07, 6.45) is 4.05. The Bertz CT molecular complexity index is 293. The Hall–Kier alpha value is -1.09. The summed E-state index contributed by atoms with van der Waals surface area (Å²) in [5.74, 6) is 1.42. The minimum Gasteiger partial charge on any atom is -0.478 e. The van der Waals surface area contributed by atoms with Gasteiger partial charge in [-0.1, -0.05) is 19.9 Å². The largest absolute Gasteiger partial charge is 0.478 e. The number of hydrogen-bond acceptors (Lipinski definition) is 3. The molecule has 1 aromatic heterocycles. The van der Waals surface area contributed by atoms with Crippen LogP contribution in [-0.4, -0.2) is 11.6 Å². The molecule has 0 saturated carbocycles. The summed E-state index contributed by atoms with van der Waals surface area (Å²) < 4.78 is 5.54. The molecule has 0 aromatic carbocycles. The van der Waals surface area contributed by atoms with E-state index in [1.54, 1.807) is 6.20 Å². The Morgan fingerprint density at radius 1 is 1.31 bits per heavy atom. The Morgan fingerprint density at radius 3 is 2.56 bits per heavy atom.